The van der Waals surface area contributed by atoms with Gasteiger partial charge in [0, 0.05) is 14.1 Å². The van der Waals surface area contributed by atoms with Gasteiger partial charge in [-0.2, -0.15) is 12.7 Å². The molecule has 0 bridgehead atoms. The van der Waals surface area contributed by atoms with Crippen LogP contribution >= 0.6 is 0 Å². The Labute approximate surface area is 298 Å². The van der Waals surface area contributed by atoms with Gasteiger partial charge in [-0.05, 0) is 28.7 Å². The molecule has 4 aromatic rings. The molecule has 0 aliphatic rings. The fraction of sp³-hybridized carbons (Fsp3) is 0.447. The third-order valence-corrected chi connectivity index (χ3v) is 16.7. The quantitative estimate of drug-likeness (QED) is 0.140. The van der Waals surface area contributed by atoms with E-state index in [9.17, 15) is 18.6 Å². The molecule has 4 rings (SSSR count). The SMILES string of the molecule is Cc1c([C@H](O)[C@H](OCc2ccccc2)[C@H](OCc2ccccc2)[C@H](O)COCc2ccccc2)nc([Si](C)(C)C(C)(C)C)n1S(=O)(=O)N(C)C. The van der Waals surface area contributed by atoms with Crippen LogP contribution in [0.15, 0.2) is 91.0 Å². The molecule has 1 aromatic heterocycles. The Morgan fingerprint density at radius 3 is 1.66 bits per heavy atom. The second kappa shape index (κ2) is 16.9. The summed E-state index contributed by atoms with van der Waals surface area (Å²) in [6.07, 6.45) is -4.99. The lowest BCUT2D eigenvalue weighted by Crippen LogP contribution is -2.56. The highest BCUT2D eigenvalue weighted by Crippen LogP contribution is 2.37. The van der Waals surface area contributed by atoms with Gasteiger partial charge in [0.2, 0.25) is 0 Å². The van der Waals surface area contributed by atoms with Crippen LogP contribution in [0, 0.1) is 6.92 Å². The van der Waals surface area contributed by atoms with Crippen molar-refractivity contribution in [2.24, 2.45) is 0 Å². The number of hydrogen-bond acceptors (Lipinski definition) is 8. The standard InChI is InChI=1S/C38H53N3O7SSi/c1-28-33(39-37(50(7,8)38(2,3)4)41(28)49(44,45)40(5)6)34(43)36(48-26-31-22-16-11-17-23-31)35(47-25-30-20-14-10-15-21-30)32(42)27-46-24-29-18-12-9-13-19-29/h9-23,32,34-36,42-43H,24-27H2,1-8H3/t32-,34+,35-,36+/m1/s1. The van der Waals surface area contributed by atoms with Crippen molar-refractivity contribution in [2.75, 3.05) is 20.7 Å². The number of rotatable bonds is 17. The maximum atomic E-state index is 13.9. The molecule has 0 fully saturated rings. The van der Waals surface area contributed by atoms with Crippen LogP contribution in [0.25, 0.3) is 0 Å². The van der Waals surface area contributed by atoms with E-state index >= 15 is 0 Å². The van der Waals surface area contributed by atoms with Crippen LogP contribution in [0.3, 0.4) is 0 Å². The van der Waals surface area contributed by atoms with Crippen LogP contribution in [0.5, 0.6) is 0 Å². The first kappa shape index (κ1) is 39.6. The summed E-state index contributed by atoms with van der Waals surface area (Å²) in [5.41, 5.74) is 3.50. The molecular formula is C38H53N3O7SSi. The summed E-state index contributed by atoms with van der Waals surface area (Å²) in [6.45, 7) is 12.4. The minimum absolute atomic E-state index is 0.0935. The third-order valence-electron chi connectivity index (χ3n) is 9.49. The van der Waals surface area contributed by atoms with Gasteiger partial charge in [-0.3, -0.25) is 0 Å². The highest BCUT2D eigenvalue weighted by atomic mass is 32.2. The van der Waals surface area contributed by atoms with Gasteiger partial charge in [-0.1, -0.05) is 125 Å². The zero-order chi connectivity index (χ0) is 36.7. The number of benzene rings is 3. The number of nitrogens with zero attached hydrogens (tertiary/aromatic N) is 3. The number of imidazole rings is 1. The molecule has 10 nitrogen and oxygen atoms in total. The fourth-order valence-corrected chi connectivity index (χ4v) is 9.21. The predicted octanol–water partition coefficient (Wildman–Crippen LogP) is 5.34. The highest BCUT2D eigenvalue weighted by molar-refractivity contribution is 7.87. The zero-order valence-corrected chi connectivity index (χ0v) is 32.3. The van der Waals surface area contributed by atoms with Crippen molar-refractivity contribution >= 4 is 23.7 Å². The molecule has 0 unspecified atom stereocenters. The minimum atomic E-state index is -4.03. The topological polar surface area (TPSA) is 123 Å². The average molecular weight is 724 g/mol. The van der Waals surface area contributed by atoms with Crippen LogP contribution in [0.1, 0.15) is 55.0 Å². The van der Waals surface area contributed by atoms with Gasteiger partial charge in [-0.15, -0.1) is 0 Å². The first-order valence-electron chi connectivity index (χ1n) is 16.9. The van der Waals surface area contributed by atoms with Gasteiger partial charge in [0.15, 0.2) is 0 Å². The molecule has 2 N–H and O–H groups in total. The van der Waals surface area contributed by atoms with E-state index in [-0.39, 0.29) is 42.9 Å². The molecule has 0 aliphatic heterocycles. The molecule has 4 atom stereocenters. The molecule has 0 radical (unpaired) electrons. The summed E-state index contributed by atoms with van der Waals surface area (Å²) in [4.78, 5) is 4.95. The van der Waals surface area contributed by atoms with Gasteiger partial charge in [0.1, 0.15) is 37.9 Å². The van der Waals surface area contributed by atoms with E-state index in [1.165, 1.54) is 18.1 Å². The van der Waals surface area contributed by atoms with Crippen LogP contribution in [-0.2, 0) is 44.2 Å². The Morgan fingerprint density at radius 1 is 0.780 bits per heavy atom. The van der Waals surface area contributed by atoms with E-state index < -0.39 is 42.7 Å². The smallest absolute Gasteiger partial charge is 0.308 e. The van der Waals surface area contributed by atoms with Crippen molar-refractivity contribution < 1.29 is 32.8 Å². The van der Waals surface area contributed by atoms with E-state index in [2.05, 4.69) is 33.9 Å². The second-order valence-electron chi connectivity index (χ2n) is 14.4. The molecule has 0 spiro atoms. The van der Waals surface area contributed by atoms with E-state index in [0.29, 0.717) is 5.45 Å². The number of hydrogen-bond donors (Lipinski definition) is 2. The van der Waals surface area contributed by atoms with Crippen molar-refractivity contribution in [1.29, 1.82) is 0 Å². The molecule has 0 saturated carbocycles. The number of aromatic nitrogens is 2. The Morgan fingerprint density at radius 2 is 1.22 bits per heavy atom. The maximum Gasteiger partial charge on any atom is 0.308 e. The lowest BCUT2D eigenvalue weighted by atomic mass is 9.99. The highest BCUT2D eigenvalue weighted by Gasteiger charge is 2.46. The number of aliphatic hydroxyl groups is 2. The largest absolute Gasteiger partial charge is 0.388 e. The van der Waals surface area contributed by atoms with Crippen LogP contribution in [0.2, 0.25) is 18.1 Å². The maximum absolute atomic E-state index is 13.9. The van der Waals surface area contributed by atoms with Crippen molar-refractivity contribution in [3.8, 4) is 0 Å². The number of aliphatic hydroxyl groups excluding tert-OH is 2. The molecule has 0 amide bonds. The molecular weight excluding hydrogens is 671 g/mol. The van der Waals surface area contributed by atoms with E-state index in [1.807, 2.05) is 91.0 Å². The lowest BCUT2D eigenvalue weighted by molar-refractivity contribution is -0.178. The van der Waals surface area contributed by atoms with Crippen molar-refractivity contribution in [3.05, 3.63) is 119 Å². The van der Waals surface area contributed by atoms with Crippen molar-refractivity contribution in [3.63, 3.8) is 0 Å². The van der Waals surface area contributed by atoms with Crippen molar-refractivity contribution in [1.82, 2.24) is 13.3 Å². The van der Waals surface area contributed by atoms with Crippen LogP contribution in [-0.4, -0.2) is 79.0 Å². The van der Waals surface area contributed by atoms with Gasteiger partial charge in [0.05, 0.1) is 37.8 Å². The zero-order valence-electron chi connectivity index (χ0n) is 30.5. The van der Waals surface area contributed by atoms with Crippen LogP contribution < -0.4 is 5.45 Å². The van der Waals surface area contributed by atoms with Crippen molar-refractivity contribution in [2.45, 2.75) is 90.1 Å². The van der Waals surface area contributed by atoms with E-state index in [4.69, 9.17) is 19.2 Å². The summed E-state index contributed by atoms with van der Waals surface area (Å²) in [6, 6.07) is 28.7. The molecule has 0 saturated heterocycles. The Kier molecular flexibility index (Phi) is 13.4. The van der Waals surface area contributed by atoms with E-state index in [1.54, 1.807) is 6.92 Å². The van der Waals surface area contributed by atoms with Gasteiger partial charge < -0.3 is 24.4 Å². The summed E-state index contributed by atoms with van der Waals surface area (Å²) < 4.78 is 49.0. The Hall–Kier alpha value is -3.20. The molecule has 50 heavy (non-hydrogen) atoms. The normalized spacial score (nSPS) is 15.2. The third kappa shape index (κ3) is 9.36. The summed E-state index contributed by atoms with van der Waals surface area (Å²) >= 11 is 0. The minimum Gasteiger partial charge on any atom is -0.388 e. The first-order valence-corrected chi connectivity index (χ1v) is 21.3. The van der Waals surface area contributed by atoms with Gasteiger partial charge in [-0.25, -0.2) is 8.96 Å². The Balaban J connectivity index is 1.80. The van der Waals surface area contributed by atoms with Gasteiger partial charge in [0.25, 0.3) is 0 Å². The average Bonchev–Trinajstić information content (AvgIpc) is 3.45. The number of ether oxygens (including phenoxy) is 3. The Bertz CT molecular complexity index is 1750. The first-order chi connectivity index (χ1) is 23.6. The van der Waals surface area contributed by atoms with E-state index in [0.717, 1.165) is 21.0 Å². The summed E-state index contributed by atoms with van der Waals surface area (Å²) in [5.74, 6) is 0. The molecule has 12 heteroatoms. The predicted molar refractivity (Wildman–Crippen MR) is 199 cm³/mol. The molecule has 1 heterocycles. The monoisotopic (exact) mass is 723 g/mol. The second-order valence-corrected chi connectivity index (χ2v) is 21.6. The summed E-state index contributed by atoms with van der Waals surface area (Å²) in [5, 5.41) is 23.8. The molecule has 0 aliphatic carbocycles. The van der Waals surface area contributed by atoms with Crippen LogP contribution in [0.4, 0.5) is 0 Å². The lowest BCUT2D eigenvalue weighted by Gasteiger charge is -2.36. The molecule has 272 valence electrons. The van der Waals surface area contributed by atoms with Gasteiger partial charge >= 0.3 is 10.2 Å². The fourth-order valence-electron chi connectivity index (χ4n) is 5.40. The molecule has 3 aromatic carbocycles. The summed E-state index contributed by atoms with van der Waals surface area (Å²) in [7, 11) is -3.68.